The van der Waals surface area contributed by atoms with Gasteiger partial charge in [-0.1, -0.05) is 77.0 Å². The van der Waals surface area contributed by atoms with E-state index in [4.69, 9.17) is 41.6 Å². The molecule has 0 bridgehead atoms. The monoisotopic (exact) mass is 2140 g/mol. The largest absolute Gasteiger partial charge is 1.00 e. The molecule has 5 amide bonds. The number of methoxy groups -OCH3 is 1. The number of nitrogens with one attached hydrogen (secondary N) is 2. The first-order chi connectivity index (χ1) is 68.7. The second-order valence-electron chi connectivity index (χ2n) is 35.4. The van der Waals surface area contributed by atoms with Crippen LogP contribution in [0.15, 0.2) is 172 Å². The number of esters is 2. The van der Waals surface area contributed by atoms with Crippen LogP contribution in [0.2, 0.25) is 0 Å². The number of aromatic nitrogens is 13. The molecule has 9 aromatic heterocycles. The number of amides is 5. The standard InChI is InChI=1S/C25H33N5O3.C18H19F3N4O.C16H20N4.C12H18N2O.C9H14ClNO3.C7H5F3N2O.C5H6N2.C4F6O3.CH2O3.2K.H/c1-25(2,3)33-24(32)29-13-11-22(29)23(31)30(20-10-7-12-26-15-20)17-19-14-28-21(16-27-19)18-8-5-4-6-9-18;19-18(20,21)17(26)25(15-7-4-8-22-10-15)12-14-9-24-16(11-23-14)13-5-2-1-3-6-13;1-2-5-13(6-3-1)16-12-19-15(11-20-16)10-18-14-7-4-8-17-9-14;1-15-9-11-7-14-12(8-13-11)10-5-3-2-4-6-10;1-9(2,3)14-8(13)11-5-4-6(11)7(10)12;8-7(9,10)6(13)12-5-2-1-3-11-4-5;6-5-2-1-3-7-4-5;5-3(6,7)1(11)13-2(12)4(8,9)10;2-1-4-3;;;/h7,10,12,14-16,18,22H,4-6,8-9,11,13,17H2,1-3H3;4,7-11,13H,1-3,5-6,12H2;4,7-9,11-13,18H,1-3,5-6,10H2;7-8,10H,2-6,9H2,1H3;6H,4-5H2,1-3H3;1-4H,(H,12,13);1-4H,6H2;;1,3H;;;/q;;;;;;;;;2*+1;-1/p-1/t22-;;;;6-;;;;;;;/m1...1......./s1. The molecule has 2 atom stereocenters. The molecule has 0 radical (unpaired) electrons. The number of carbonyl (C=O) groups excluding carboxylic acids is 9. The Morgan fingerprint density at radius 3 is 1.07 bits per heavy atom. The fourth-order valence-corrected chi connectivity index (χ4v) is 15.1. The number of nitrogens with two attached hydrogens (primary N) is 1. The predicted molar refractivity (Wildman–Crippen MR) is 503 cm³/mol. The van der Waals surface area contributed by atoms with Crippen molar-refractivity contribution in [2.75, 3.05) is 46.4 Å². The summed E-state index contributed by atoms with van der Waals surface area (Å²) in [6, 6.07) is 15.7. The molecule has 35 nitrogen and oxygen atoms in total. The van der Waals surface area contributed by atoms with Crippen molar-refractivity contribution in [1.29, 1.82) is 0 Å². The van der Waals surface area contributed by atoms with Crippen molar-refractivity contribution < 1.29 is 229 Å². The van der Waals surface area contributed by atoms with Crippen LogP contribution in [-0.4, -0.2) is 196 Å². The van der Waals surface area contributed by atoms with Gasteiger partial charge in [-0.25, -0.2) is 19.2 Å². The summed E-state index contributed by atoms with van der Waals surface area (Å²) in [5.74, 6) is -8.42. The molecule has 15 rings (SSSR count). The van der Waals surface area contributed by atoms with Gasteiger partial charge in [0.1, 0.15) is 23.3 Å². The van der Waals surface area contributed by atoms with E-state index in [0.717, 1.165) is 84.6 Å². The fourth-order valence-electron chi connectivity index (χ4n) is 14.9. The Bertz CT molecular complexity index is 5400. The van der Waals surface area contributed by atoms with Gasteiger partial charge in [0.2, 0.25) is 11.1 Å². The maximum atomic E-state index is 13.5. The normalized spacial score (nSPS) is 15.7. The van der Waals surface area contributed by atoms with Gasteiger partial charge in [0, 0.05) is 112 Å². The molecular formula is C97H117ClF12K2N20O15. The van der Waals surface area contributed by atoms with Crippen molar-refractivity contribution in [3.63, 3.8) is 0 Å². The number of ether oxygens (including phenoxy) is 4. The maximum absolute atomic E-state index is 13.5. The van der Waals surface area contributed by atoms with Crippen LogP contribution in [0.3, 0.4) is 0 Å². The molecular weight excluding hydrogens is 2030 g/mol. The Kier molecular flexibility index (Phi) is 55.4. The molecule has 6 fully saturated rings. The van der Waals surface area contributed by atoms with Crippen LogP contribution in [0.4, 0.5) is 90.7 Å². The number of nitrogens with zero attached hydrogens (tertiary/aromatic N) is 17. The minimum Gasteiger partial charge on any atom is -1.00 e. The Balaban J connectivity index is 0.000000361. The SMILES string of the molecule is CC(C)(C)OC(=O)N1CC[C@@H]1C(=O)Cl.CC(C)(C)OC(=O)N1CC[C@@H]1C(=O)N(Cc1cnc(C2CCCCC2)cn1)c1cccnc1.COCc1cnc(C2CCCCC2)cn1.Nc1cccnc1.O=C(N(Cc1cnc(C2CCCCC2)cn1)c1cccnc1)C(F)(F)F.O=C(Nc1cccnc1)C(F)(F)F.O=C(OC(=O)C(F)(F)F)C(F)(F)F.O=CO[O-].[H-].[K+].[K+].c1cncc(NCc2cnc(C3CCCCC3)cn2)c1. The molecule has 6 aliphatic rings. The van der Waals surface area contributed by atoms with Crippen molar-refractivity contribution in [3.05, 3.63) is 218 Å². The molecule has 147 heavy (non-hydrogen) atoms. The van der Waals surface area contributed by atoms with Gasteiger partial charge in [-0.05, 0) is 178 Å². The number of halogens is 13. The van der Waals surface area contributed by atoms with Gasteiger partial charge in [0.15, 0.2) is 0 Å². The average Bonchev–Trinajstić information content (AvgIpc) is 0.785. The number of anilines is 5. The number of likely N-dealkylation sites (tertiary alicyclic amines) is 2. The van der Waals surface area contributed by atoms with E-state index in [1.165, 1.54) is 149 Å². The number of pyridine rings is 5. The van der Waals surface area contributed by atoms with E-state index in [2.05, 4.69) is 79.7 Å². The number of rotatable bonds is 19. The molecule has 50 heteroatoms. The number of hydrogen-bond donors (Lipinski definition) is 3. The van der Waals surface area contributed by atoms with E-state index in [9.17, 15) is 91.0 Å². The van der Waals surface area contributed by atoms with E-state index < -0.39 is 89.2 Å². The number of carbonyl (C=O) groups is 9. The number of hydrogen-bond acceptors (Lipinski definition) is 30. The van der Waals surface area contributed by atoms with Gasteiger partial charge >= 0.3 is 163 Å². The maximum Gasteiger partial charge on any atom is 1.00 e. The topological polar surface area (TPSA) is 453 Å². The first-order valence-electron chi connectivity index (χ1n) is 46.4. The Hall–Kier alpha value is -10.5. The third kappa shape index (κ3) is 47.1. The summed E-state index contributed by atoms with van der Waals surface area (Å²) in [4.78, 5) is 161. The van der Waals surface area contributed by atoms with Crippen molar-refractivity contribution >= 4 is 93.6 Å². The van der Waals surface area contributed by atoms with Crippen LogP contribution in [0.1, 0.15) is 253 Å². The molecule has 4 aliphatic carbocycles. The molecule has 2 saturated heterocycles. The summed E-state index contributed by atoms with van der Waals surface area (Å²) in [6.07, 6.45) is 33.8. The number of alkyl halides is 12. The molecule has 0 unspecified atom stereocenters. The first kappa shape index (κ1) is 127. The summed E-state index contributed by atoms with van der Waals surface area (Å²) in [7, 11) is 1.68. The summed E-state index contributed by atoms with van der Waals surface area (Å²) in [6.45, 7) is 12.8. The molecule has 0 aromatic carbocycles. The summed E-state index contributed by atoms with van der Waals surface area (Å²) < 4.78 is 159. The van der Waals surface area contributed by atoms with Crippen LogP contribution >= 0.6 is 11.6 Å². The van der Waals surface area contributed by atoms with E-state index in [1.807, 2.05) is 76.2 Å². The Morgan fingerprint density at radius 1 is 0.442 bits per heavy atom. The van der Waals surface area contributed by atoms with Crippen LogP contribution < -0.4 is 134 Å². The molecule has 4 N–H and O–H groups in total. The van der Waals surface area contributed by atoms with Crippen molar-refractivity contribution in [1.82, 2.24) is 74.6 Å². The third-order valence-electron chi connectivity index (χ3n) is 22.1. The zero-order valence-electron chi connectivity index (χ0n) is 83.7. The smallest absolute Gasteiger partial charge is 1.00 e. The van der Waals surface area contributed by atoms with Gasteiger partial charge in [0.25, 0.3) is 6.47 Å². The van der Waals surface area contributed by atoms with Crippen LogP contribution in [0.5, 0.6) is 0 Å². The zero-order chi connectivity index (χ0) is 106. The minimum absolute atomic E-state index is 0. The summed E-state index contributed by atoms with van der Waals surface area (Å²) in [5.41, 5.74) is 13.7. The third-order valence-corrected chi connectivity index (χ3v) is 22.4. The minimum atomic E-state index is -5.62. The molecule has 11 heterocycles. The molecule has 788 valence electrons. The van der Waals surface area contributed by atoms with E-state index in [1.54, 1.807) is 99.7 Å². The van der Waals surface area contributed by atoms with E-state index in [-0.39, 0.29) is 141 Å². The van der Waals surface area contributed by atoms with Gasteiger partial charge in [-0.2, -0.15) is 52.7 Å². The van der Waals surface area contributed by atoms with Gasteiger partial charge in [-0.15, -0.1) is 0 Å². The van der Waals surface area contributed by atoms with Crippen LogP contribution in [0.25, 0.3) is 0 Å². The quantitative estimate of drug-likeness (QED) is 0.00779. The average molecular weight is 2140 g/mol. The van der Waals surface area contributed by atoms with Gasteiger partial charge < -0.3 is 51.8 Å². The number of nitrogen functional groups attached to an aromatic ring is 1. The van der Waals surface area contributed by atoms with Crippen LogP contribution in [-0.2, 0) is 83.6 Å². The zero-order valence-corrected chi connectivity index (χ0v) is 89.7. The van der Waals surface area contributed by atoms with Crippen molar-refractivity contribution in [2.45, 2.75) is 281 Å². The molecule has 0 spiro atoms. The Labute approximate surface area is 933 Å². The van der Waals surface area contributed by atoms with Crippen molar-refractivity contribution in [3.8, 4) is 0 Å². The van der Waals surface area contributed by atoms with E-state index >= 15 is 0 Å². The second-order valence-corrected chi connectivity index (χ2v) is 35.8. The summed E-state index contributed by atoms with van der Waals surface area (Å²) >= 11 is 5.30. The Morgan fingerprint density at radius 2 is 0.789 bits per heavy atom. The van der Waals surface area contributed by atoms with Crippen molar-refractivity contribution in [2.24, 2.45) is 0 Å². The first-order valence-corrected chi connectivity index (χ1v) is 46.7. The van der Waals surface area contributed by atoms with E-state index in [0.29, 0.717) is 90.4 Å². The van der Waals surface area contributed by atoms with Gasteiger partial charge in [0.05, 0.1) is 144 Å². The van der Waals surface area contributed by atoms with Gasteiger partial charge in [-0.3, -0.25) is 103 Å². The second kappa shape index (κ2) is 64.2. The summed E-state index contributed by atoms with van der Waals surface area (Å²) in [5, 5.41) is 12.9. The predicted octanol–water partition coefficient (Wildman–Crippen LogP) is 12.4. The molecule has 9 aromatic rings. The molecule has 4 saturated carbocycles. The van der Waals surface area contributed by atoms with Crippen LogP contribution in [0, 0.1) is 0 Å². The molecule has 2 aliphatic heterocycles. The fraction of sp³-hybridized carbons (Fsp3) is 0.485.